The number of hydrogen-bond donors (Lipinski definition) is 1. The molecule has 2 saturated carbocycles. The van der Waals surface area contributed by atoms with E-state index in [1.807, 2.05) is 31.2 Å². The van der Waals surface area contributed by atoms with Crippen LogP contribution in [-0.4, -0.2) is 5.91 Å². The van der Waals surface area contributed by atoms with Crippen LogP contribution >= 0.6 is 11.6 Å². The molecule has 96 valence electrons. The minimum Gasteiger partial charge on any atom is -0.349 e. The van der Waals surface area contributed by atoms with Gasteiger partial charge in [-0.1, -0.05) is 23.7 Å². The molecule has 0 aliphatic heterocycles. The minimum absolute atomic E-state index is 0.0353. The summed E-state index contributed by atoms with van der Waals surface area (Å²) in [6, 6.07) is 7.73. The van der Waals surface area contributed by atoms with Gasteiger partial charge < -0.3 is 5.32 Å². The second-order valence-electron chi connectivity index (χ2n) is 5.71. The Balaban J connectivity index is 1.60. The van der Waals surface area contributed by atoms with Crippen LogP contribution in [-0.2, 0) is 4.79 Å². The third-order valence-corrected chi connectivity index (χ3v) is 4.56. The molecule has 0 bridgehead atoms. The summed E-state index contributed by atoms with van der Waals surface area (Å²) in [5.41, 5.74) is 1.07. The zero-order valence-corrected chi connectivity index (χ0v) is 11.3. The van der Waals surface area contributed by atoms with Crippen molar-refractivity contribution in [3.63, 3.8) is 0 Å². The average Bonchev–Trinajstić information content (AvgIpc) is 2.96. The lowest BCUT2D eigenvalue weighted by Crippen LogP contribution is -2.32. The smallest absolute Gasteiger partial charge is 0.223 e. The van der Waals surface area contributed by atoms with Crippen LogP contribution in [0.15, 0.2) is 24.3 Å². The zero-order chi connectivity index (χ0) is 12.7. The van der Waals surface area contributed by atoms with Gasteiger partial charge in [-0.2, -0.15) is 0 Å². The van der Waals surface area contributed by atoms with E-state index in [4.69, 9.17) is 11.6 Å². The molecular weight excluding hydrogens is 246 g/mol. The topological polar surface area (TPSA) is 29.1 Å². The van der Waals surface area contributed by atoms with Gasteiger partial charge in [-0.3, -0.25) is 4.79 Å². The summed E-state index contributed by atoms with van der Waals surface area (Å²) in [6.07, 6.45) is 3.55. The fraction of sp³-hybridized carbons (Fsp3) is 0.533. The highest BCUT2D eigenvalue weighted by Gasteiger charge is 2.48. The molecule has 2 nitrogen and oxygen atoms in total. The highest BCUT2D eigenvalue weighted by atomic mass is 35.5. The fourth-order valence-corrected chi connectivity index (χ4v) is 3.32. The maximum atomic E-state index is 12.1. The van der Waals surface area contributed by atoms with Crippen molar-refractivity contribution in [1.82, 2.24) is 5.32 Å². The lowest BCUT2D eigenvalue weighted by atomic mass is 10.0. The van der Waals surface area contributed by atoms with Gasteiger partial charge in [0.25, 0.3) is 0 Å². The number of nitrogens with one attached hydrogen (secondary N) is 1. The highest BCUT2D eigenvalue weighted by molar-refractivity contribution is 6.30. The summed E-state index contributed by atoms with van der Waals surface area (Å²) in [4.78, 5) is 12.1. The van der Waals surface area contributed by atoms with Crippen LogP contribution in [0.2, 0.25) is 5.02 Å². The summed E-state index contributed by atoms with van der Waals surface area (Å²) in [5.74, 6) is 2.16. The van der Waals surface area contributed by atoms with E-state index in [-0.39, 0.29) is 17.9 Å². The summed E-state index contributed by atoms with van der Waals surface area (Å²) >= 11 is 5.96. The SMILES string of the molecule is C[C@@H](NC(=O)C1CC2CC2C1)c1cccc(Cl)c1. The van der Waals surface area contributed by atoms with Gasteiger partial charge in [-0.25, -0.2) is 0 Å². The minimum atomic E-state index is 0.0353. The molecule has 3 heteroatoms. The molecule has 2 aliphatic carbocycles. The summed E-state index contributed by atoms with van der Waals surface area (Å²) in [7, 11) is 0. The van der Waals surface area contributed by atoms with Crippen LogP contribution in [0.5, 0.6) is 0 Å². The molecule has 0 spiro atoms. The van der Waals surface area contributed by atoms with E-state index < -0.39 is 0 Å². The molecule has 2 unspecified atom stereocenters. The molecule has 0 heterocycles. The number of amides is 1. The monoisotopic (exact) mass is 263 g/mol. The first kappa shape index (κ1) is 12.0. The number of hydrogen-bond acceptors (Lipinski definition) is 1. The first-order valence-corrected chi connectivity index (χ1v) is 7.07. The van der Waals surface area contributed by atoms with Gasteiger partial charge in [0.05, 0.1) is 6.04 Å². The molecule has 3 rings (SSSR count). The summed E-state index contributed by atoms with van der Waals surface area (Å²) < 4.78 is 0. The van der Waals surface area contributed by atoms with E-state index in [0.29, 0.717) is 0 Å². The van der Waals surface area contributed by atoms with Crippen molar-refractivity contribution in [3.8, 4) is 0 Å². The summed E-state index contributed by atoms with van der Waals surface area (Å²) in [6.45, 7) is 2.01. The number of fused-ring (bicyclic) bond motifs is 1. The second-order valence-corrected chi connectivity index (χ2v) is 6.15. The number of rotatable bonds is 3. The van der Waals surface area contributed by atoms with E-state index in [2.05, 4.69) is 5.32 Å². The average molecular weight is 264 g/mol. The molecule has 0 saturated heterocycles. The normalized spacial score (nSPS) is 30.7. The Morgan fingerprint density at radius 1 is 1.33 bits per heavy atom. The third kappa shape index (κ3) is 2.39. The Bertz CT molecular complexity index is 463. The molecule has 18 heavy (non-hydrogen) atoms. The van der Waals surface area contributed by atoms with Gasteiger partial charge in [-0.15, -0.1) is 0 Å². The molecule has 0 radical (unpaired) electrons. The molecule has 1 amide bonds. The predicted molar refractivity (Wildman–Crippen MR) is 72.3 cm³/mol. The number of benzene rings is 1. The number of carbonyl (C=O) groups excluding carboxylic acids is 1. The lowest BCUT2D eigenvalue weighted by Gasteiger charge is -2.18. The quantitative estimate of drug-likeness (QED) is 0.888. The van der Waals surface area contributed by atoms with Crippen molar-refractivity contribution in [1.29, 1.82) is 0 Å². The Morgan fingerprint density at radius 2 is 2.06 bits per heavy atom. The van der Waals surface area contributed by atoms with Gasteiger partial charge in [0.2, 0.25) is 5.91 Å². The van der Waals surface area contributed by atoms with Crippen molar-refractivity contribution in [2.45, 2.75) is 32.2 Å². The number of halogens is 1. The van der Waals surface area contributed by atoms with Crippen LogP contribution in [0, 0.1) is 17.8 Å². The molecule has 1 aromatic carbocycles. The lowest BCUT2D eigenvalue weighted by molar-refractivity contribution is -0.125. The van der Waals surface area contributed by atoms with Crippen molar-refractivity contribution >= 4 is 17.5 Å². The van der Waals surface area contributed by atoms with E-state index in [1.165, 1.54) is 6.42 Å². The van der Waals surface area contributed by atoms with Crippen LogP contribution in [0.1, 0.15) is 37.8 Å². The van der Waals surface area contributed by atoms with Crippen molar-refractivity contribution < 1.29 is 4.79 Å². The van der Waals surface area contributed by atoms with Crippen molar-refractivity contribution in [3.05, 3.63) is 34.9 Å². The van der Waals surface area contributed by atoms with Crippen LogP contribution in [0.3, 0.4) is 0 Å². The van der Waals surface area contributed by atoms with Crippen LogP contribution in [0.25, 0.3) is 0 Å². The largest absolute Gasteiger partial charge is 0.349 e. The molecule has 0 aromatic heterocycles. The first-order valence-electron chi connectivity index (χ1n) is 6.69. The fourth-order valence-electron chi connectivity index (χ4n) is 3.12. The third-order valence-electron chi connectivity index (χ3n) is 4.32. The molecule has 2 aliphatic rings. The van der Waals surface area contributed by atoms with E-state index >= 15 is 0 Å². The molecular formula is C15H18ClNO. The van der Waals surface area contributed by atoms with E-state index in [9.17, 15) is 4.79 Å². The Kier molecular flexibility index (Phi) is 3.06. The number of carbonyl (C=O) groups is 1. The zero-order valence-electron chi connectivity index (χ0n) is 10.5. The van der Waals surface area contributed by atoms with Gasteiger partial charge in [0, 0.05) is 10.9 Å². The first-order chi connectivity index (χ1) is 8.63. The Hall–Kier alpha value is -1.02. The van der Waals surface area contributed by atoms with E-state index in [1.54, 1.807) is 0 Å². The predicted octanol–water partition coefficient (Wildman–Crippen LogP) is 3.56. The van der Waals surface area contributed by atoms with E-state index in [0.717, 1.165) is 35.3 Å². The van der Waals surface area contributed by atoms with Gasteiger partial charge in [0.1, 0.15) is 0 Å². The molecule has 3 atom stereocenters. The second kappa shape index (κ2) is 4.58. The molecule has 1 aromatic rings. The Morgan fingerprint density at radius 3 is 2.72 bits per heavy atom. The molecule has 2 fully saturated rings. The standard InChI is InChI=1S/C15H18ClNO/c1-9(10-3-2-4-14(16)8-10)17-15(18)13-6-11-5-12(11)7-13/h2-4,8-9,11-13H,5-7H2,1H3,(H,17,18)/t9-,11?,12?,13?/m1/s1. The summed E-state index contributed by atoms with van der Waals surface area (Å²) in [5, 5.41) is 3.83. The van der Waals surface area contributed by atoms with Crippen molar-refractivity contribution in [2.24, 2.45) is 17.8 Å². The Labute approximate surface area is 113 Å². The van der Waals surface area contributed by atoms with Crippen LogP contribution < -0.4 is 5.32 Å². The van der Waals surface area contributed by atoms with Crippen LogP contribution in [0.4, 0.5) is 0 Å². The van der Waals surface area contributed by atoms with Gasteiger partial charge in [0.15, 0.2) is 0 Å². The van der Waals surface area contributed by atoms with Gasteiger partial charge in [-0.05, 0) is 55.7 Å². The van der Waals surface area contributed by atoms with Crippen molar-refractivity contribution in [2.75, 3.05) is 0 Å². The maximum Gasteiger partial charge on any atom is 0.223 e. The maximum absolute atomic E-state index is 12.1. The highest BCUT2D eigenvalue weighted by Crippen LogP contribution is 2.54. The van der Waals surface area contributed by atoms with Gasteiger partial charge >= 0.3 is 0 Å². The molecule has 1 N–H and O–H groups in total.